The molecule has 0 radical (unpaired) electrons. The van der Waals surface area contributed by atoms with Crippen molar-refractivity contribution in [2.45, 2.75) is 97.0 Å². The zero-order valence-corrected chi connectivity index (χ0v) is 25.8. The number of benzene rings is 1. The van der Waals surface area contributed by atoms with Gasteiger partial charge in [0.05, 0.1) is 24.3 Å². The van der Waals surface area contributed by atoms with E-state index in [1.165, 1.54) is 38.5 Å². The van der Waals surface area contributed by atoms with Gasteiger partial charge >= 0.3 is 5.97 Å². The molecule has 226 valence electrons. The maximum atomic E-state index is 13.4. The zero-order chi connectivity index (χ0) is 29.2. The van der Waals surface area contributed by atoms with Crippen molar-refractivity contribution in [3.8, 4) is 5.75 Å². The van der Waals surface area contributed by atoms with Gasteiger partial charge in [-0.15, -0.1) is 10.2 Å². The predicted octanol–water partition coefficient (Wildman–Crippen LogP) is 6.66. The van der Waals surface area contributed by atoms with E-state index in [1.54, 1.807) is 4.52 Å². The number of nitrogens with one attached hydrogen (secondary N) is 1. The van der Waals surface area contributed by atoms with Crippen LogP contribution in [0.1, 0.15) is 90.1 Å². The molecule has 41 heavy (non-hydrogen) atoms. The molecule has 2 aromatic heterocycles. The summed E-state index contributed by atoms with van der Waals surface area (Å²) in [6.45, 7) is 11.4. The molecule has 1 aliphatic heterocycles. The third kappa shape index (κ3) is 8.38. The van der Waals surface area contributed by atoms with E-state index >= 15 is 0 Å². The highest BCUT2D eigenvalue weighted by molar-refractivity contribution is 6.34. The summed E-state index contributed by atoms with van der Waals surface area (Å²) in [6.07, 6.45) is 9.47. The average Bonchev–Trinajstić information content (AvgIpc) is 3.52. The van der Waals surface area contributed by atoms with Gasteiger partial charge in [0.2, 0.25) is 0 Å². The number of hydrogen-bond acceptors (Lipinski definition) is 7. The Hall–Kier alpha value is -2.78. The van der Waals surface area contributed by atoms with Crippen LogP contribution in [-0.4, -0.2) is 64.8 Å². The number of rotatable bonds is 16. The van der Waals surface area contributed by atoms with Crippen LogP contribution in [0.5, 0.6) is 5.75 Å². The fraction of sp³-hybridized carbons (Fsp3) is 0.645. The van der Waals surface area contributed by atoms with Crippen molar-refractivity contribution in [1.82, 2.24) is 19.8 Å². The second-order valence-electron chi connectivity index (χ2n) is 11.7. The molecule has 1 unspecified atom stereocenters. The minimum absolute atomic E-state index is 0.134. The number of hydrogen-bond donors (Lipinski definition) is 1. The van der Waals surface area contributed by atoms with Gasteiger partial charge in [-0.25, -0.2) is 9.31 Å². The highest BCUT2D eigenvalue weighted by Gasteiger charge is 2.32. The van der Waals surface area contributed by atoms with Crippen LogP contribution in [0.15, 0.2) is 24.3 Å². The van der Waals surface area contributed by atoms with Crippen molar-refractivity contribution in [3.63, 3.8) is 0 Å². The van der Waals surface area contributed by atoms with Crippen LogP contribution in [0.3, 0.4) is 0 Å². The number of H-pyrrole nitrogens is 1. The predicted molar refractivity (Wildman–Crippen MR) is 162 cm³/mol. The first kappa shape index (κ1) is 31.2. The molecule has 4 rings (SSSR count). The normalized spacial score (nSPS) is 14.9. The lowest BCUT2D eigenvalue weighted by molar-refractivity contribution is -0.154. The van der Waals surface area contributed by atoms with Gasteiger partial charge in [0.1, 0.15) is 17.4 Å². The third-order valence-corrected chi connectivity index (χ3v) is 8.18. The highest BCUT2D eigenvalue weighted by Crippen LogP contribution is 2.28. The van der Waals surface area contributed by atoms with E-state index in [1.807, 2.05) is 45.0 Å². The molecule has 1 N–H and O–H groups in total. The molecule has 0 saturated carbocycles. The van der Waals surface area contributed by atoms with Gasteiger partial charge in [-0.3, -0.25) is 5.10 Å². The largest absolute Gasteiger partial charge is 0.479 e. The maximum Gasteiger partial charge on any atom is 0.347 e. The summed E-state index contributed by atoms with van der Waals surface area (Å²) in [6, 6.07) is 7.96. The molecule has 9 nitrogen and oxygen atoms in total. The molecule has 0 amide bonds. The van der Waals surface area contributed by atoms with E-state index in [4.69, 9.17) is 25.8 Å². The summed E-state index contributed by atoms with van der Waals surface area (Å²) in [7, 11) is 0. The van der Waals surface area contributed by atoms with Crippen LogP contribution in [0.2, 0.25) is 5.02 Å². The summed E-state index contributed by atoms with van der Waals surface area (Å²) in [4.78, 5) is 15.7. The third-order valence-electron chi connectivity index (χ3n) is 7.72. The Balaban J connectivity index is 1.37. The van der Waals surface area contributed by atoms with Crippen LogP contribution in [-0.2, 0) is 19.7 Å². The van der Waals surface area contributed by atoms with Gasteiger partial charge in [-0.05, 0) is 57.9 Å². The van der Waals surface area contributed by atoms with E-state index in [-0.39, 0.29) is 12.6 Å². The monoisotopic (exact) mass is 587 g/mol. The molecule has 0 spiro atoms. The number of aromatic nitrogens is 4. The Bertz CT molecular complexity index is 1230. The van der Waals surface area contributed by atoms with Crippen molar-refractivity contribution in [2.75, 3.05) is 37.8 Å². The Morgan fingerprint density at radius 1 is 1.05 bits per heavy atom. The number of aromatic amines is 1. The number of aryl methyl sites for hydroxylation is 1. The first-order chi connectivity index (χ1) is 19.8. The molecule has 1 atom stereocenters. The van der Waals surface area contributed by atoms with Gasteiger partial charge in [-0.1, -0.05) is 63.5 Å². The van der Waals surface area contributed by atoms with E-state index in [0.29, 0.717) is 28.7 Å². The maximum absolute atomic E-state index is 13.4. The molecular weight excluding hydrogens is 542 g/mol. The number of carbonyl (C=O) groups is 1. The number of halogens is 1. The minimum atomic E-state index is -0.680. The first-order valence-electron chi connectivity index (χ1n) is 15.2. The smallest absolute Gasteiger partial charge is 0.347 e. The SMILES string of the molecule is CCCCCCCCCCC(Oc1ccc(N2CCOCC2)cc1)C(=O)OCC(C)(C)c1nnc2c(Cl)c(C)[nH]n12. The van der Waals surface area contributed by atoms with Gasteiger partial charge in [0.15, 0.2) is 17.6 Å². The van der Waals surface area contributed by atoms with Crippen molar-refractivity contribution < 1.29 is 19.0 Å². The van der Waals surface area contributed by atoms with Gasteiger partial charge < -0.3 is 19.1 Å². The van der Waals surface area contributed by atoms with Crippen LogP contribution in [0.25, 0.3) is 5.65 Å². The second-order valence-corrected chi connectivity index (χ2v) is 12.1. The molecule has 10 heteroatoms. The number of nitrogens with zero attached hydrogens (tertiary/aromatic N) is 4. The molecule has 1 fully saturated rings. The van der Waals surface area contributed by atoms with Crippen LogP contribution >= 0.6 is 11.6 Å². The molecular formula is C31H46ClN5O4. The standard InChI is InChI=1S/C31H46ClN5O4/c1-5-6-7-8-9-10-11-12-13-26(41-25-16-14-24(15-17-25)36-18-20-39-21-19-36)29(38)40-22-31(3,4)30-34-33-28-27(32)23(2)35-37(28)30/h14-17,26,35H,5-13,18-22H2,1-4H3. The Morgan fingerprint density at radius 2 is 1.71 bits per heavy atom. The van der Waals surface area contributed by atoms with Crippen molar-refractivity contribution in [1.29, 1.82) is 0 Å². The number of anilines is 1. The number of carbonyl (C=O) groups excluding carboxylic acids is 1. The lowest BCUT2D eigenvalue weighted by Gasteiger charge is -2.29. The fourth-order valence-electron chi connectivity index (χ4n) is 5.17. The van der Waals surface area contributed by atoms with Gasteiger partial charge in [0.25, 0.3) is 0 Å². The Labute approximate surface area is 248 Å². The van der Waals surface area contributed by atoms with Gasteiger partial charge in [0, 0.05) is 18.8 Å². The minimum Gasteiger partial charge on any atom is -0.479 e. The number of esters is 1. The summed E-state index contributed by atoms with van der Waals surface area (Å²) >= 11 is 6.34. The molecule has 1 saturated heterocycles. The van der Waals surface area contributed by atoms with Crippen LogP contribution < -0.4 is 9.64 Å². The molecule has 0 aliphatic carbocycles. The molecule has 0 bridgehead atoms. The molecule has 3 aromatic rings. The van der Waals surface area contributed by atoms with E-state index < -0.39 is 11.5 Å². The summed E-state index contributed by atoms with van der Waals surface area (Å²) < 4.78 is 19.4. The topological polar surface area (TPSA) is 94.0 Å². The zero-order valence-electron chi connectivity index (χ0n) is 25.1. The second kappa shape index (κ2) is 14.9. The average molecular weight is 588 g/mol. The molecule has 3 heterocycles. The summed E-state index contributed by atoms with van der Waals surface area (Å²) in [5, 5.41) is 12.3. The number of unbranched alkanes of at least 4 members (excludes halogenated alkanes) is 7. The van der Waals surface area contributed by atoms with Crippen LogP contribution in [0.4, 0.5) is 5.69 Å². The van der Waals surface area contributed by atoms with Crippen molar-refractivity contribution in [2.24, 2.45) is 0 Å². The number of ether oxygens (including phenoxy) is 3. The Kier molecular flexibility index (Phi) is 11.3. The molecule has 1 aromatic carbocycles. The quantitative estimate of drug-likeness (QED) is 0.148. The Morgan fingerprint density at radius 3 is 2.39 bits per heavy atom. The number of morpholine rings is 1. The van der Waals surface area contributed by atoms with Gasteiger partial charge in [-0.2, -0.15) is 0 Å². The van der Waals surface area contributed by atoms with Crippen molar-refractivity contribution >= 4 is 28.9 Å². The van der Waals surface area contributed by atoms with Crippen molar-refractivity contribution in [3.05, 3.63) is 40.8 Å². The lowest BCUT2D eigenvalue weighted by atomic mass is 9.94. The number of fused-ring (bicyclic) bond motifs is 1. The summed E-state index contributed by atoms with van der Waals surface area (Å²) in [5.74, 6) is 0.952. The lowest BCUT2D eigenvalue weighted by Crippen LogP contribution is -2.36. The highest BCUT2D eigenvalue weighted by atomic mass is 35.5. The van der Waals surface area contributed by atoms with Crippen LogP contribution in [0, 0.1) is 6.92 Å². The summed E-state index contributed by atoms with van der Waals surface area (Å²) in [5.41, 5.74) is 1.90. The first-order valence-corrected chi connectivity index (χ1v) is 15.5. The van der Waals surface area contributed by atoms with E-state index in [0.717, 1.165) is 50.5 Å². The van der Waals surface area contributed by atoms with E-state index in [9.17, 15) is 4.79 Å². The van der Waals surface area contributed by atoms with E-state index in [2.05, 4.69) is 27.1 Å². The molecule has 1 aliphatic rings. The fourth-order valence-corrected chi connectivity index (χ4v) is 5.34.